The first-order valence-corrected chi connectivity index (χ1v) is 10.0. The Labute approximate surface area is 163 Å². The Hall–Kier alpha value is -1.79. The number of nitrogens with zero attached hydrogens (tertiary/aromatic N) is 4. The molecule has 138 valence electrons. The van der Waals surface area contributed by atoms with Crippen LogP contribution in [0.2, 0.25) is 5.02 Å². The van der Waals surface area contributed by atoms with Crippen molar-refractivity contribution in [3.8, 4) is 0 Å². The van der Waals surface area contributed by atoms with Gasteiger partial charge >= 0.3 is 0 Å². The summed E-state index contributed by atoms with van der Waals surface area (Å²) in [5, 5.41) is 1.41. The molecule has 1 saturated heterocycles. The van der Waals surface area contributed by atoms with Crippen molar-refractivity contribution in [2.45, 2.75) is 25.9 Å². The van der Waals surface area contributed by atoms with Gasteiger partial charge in [0, 0.05) is 48.3 Å². The topological polar surface area (TPSA) is 49.3 Å². The summed E-state index contributed by atoms with van der Waals surface area (Å²) in [5.74, 6) is 0.513. The lowest BCUT2D eigenvalue weighted by Gasteiger charge is -2.36. The van der Waals surface area contributed by atoms with Crippen molar-refractivity contribution in [1.29, 1.82) is 0 Å². The summed E-state index contributed by atoms with van der Waals surface area (Å²) in [4.78, 5) is 25.5. The van der Waals surface area contributed by atoms with Gasteiger partial charge in [0.2, 0.25) is 5.91 Å². The molecule has 0 bridgehead atoms. The van der Waals surface area contributed by atoms with Crippen molar-refractivity contribution in [2.75, 3.05) is 36.8 Å². The minimum Gasteiger partial charge on any atom is -0.368 e. The molecule has 0 saturated carbocycles. The summed E-state index contributed by atoms with van der Waals surface area (Å²) in [6.07, 6.45) is 0. The zero-order valence-corrected chi connectivity index (χ0v) is 16.9. The number of rotatable bonds is 4. The maximum atomic E-state index is 12.5. The van der Waals surface area contributed by atoms with Gasteiger partial charge in [0.05, 0.1) is 5.75 Å². The molecule has 1 aromatic carbocycles. The number of aromatic nitrogens is 2. The van der Waals surface area contributed by atoms with Gasteiger partial charge in [-0.3, -0.25) is 4.79 Å². The monoisotopic (exact) mass is 390 g/mol. The van der Waals surface area contributed by atoms with Crippen LogP contribution >= 0.6 is 23.4 Å². The van der Waals surface area contributed by atoms with Gasteiger partial charge in [-0.15, -0.1) is 0 Å². The Balaban J connectivity index is 1.54. The van der Waals surface area contributed by atoms with Crippen LogP contribution in [0.15, 0.2) is 29.4 Å². The molecule has 1 aliphatic heterocycles. The molecule has 26 heavy (non-hydrogen) atoms. The van der Waals surface area contributed by atoms with Crippen molar-refractivity contribution >= 4 is 35.0 Å². The van der Waals surface area contributed by atoms with Gasteiger partial charge in [-0.25, -0.2) is 9.97 Å². The van der Waals surface area contributed by atoms with Gasteiger partial charge in [-0.05, 0) is 44.5 Å². The summed E-state index contributed by atoms with van der Waals surface area (Å²) in [6, 6.07) is 7.88. The van der Waals surface area contributed by atoms with E-state index in [1.54, 1.807) is 0 Å². The van der Waals surface area contributed by atoms with Gasteiger partial charge in [0.1, 0.15) is 0 Å². The van der Waals surface area contributed by atoms with E-state index in [1.807, 2.05) is 43.0 Å². The lowest BCUT2D eigenvalue weighted by molar-refractivity contribution is -0.128. The van der Waals surface area contributed by atoms with Crippen LogP contribution < -0.4 is 4.90 Å². The second kappa shape index (κ2) is 8.27. The number of anilines is 1. The van der Waals surface area contributed by atoms with E-state index in [4.69, 9.17) is 11.6 Å². The number of amides is 1. The third kappa shape index (κ3) is 4.68. The van der Waals surface area contributed by atoms with Crippen molar-refractivity contribution in [2.24, 2.45) is 0 Å². The first kappa shape index (κ1) is 19.0. The van der Waals surface area contributed by atoms with Gasteiger partial charge in [0.25, 0.3) is 0 Å². The third-order valence-electron chi connectivity index (χ3n) is 4.43. The van der Waals surface area contributed by atoms with Crippen molar-refractivity contribution < 1.29 is 4.79 Å². The second-order valence-electron chi connectivity index (χ2n) is 6.52. The van der Waals surface area contributed by atoms with Crippen LogP contribution in [0.5, 0.6) is 0 Å². The SMILES string of the molecule is Cc1cc(C)nc(SCC(=O)N2CCN(c3cc(Cl)ccc3C)CC2)n1. The highest BCUT2D eigenvalue weighted by Gasteiger charge is 2.22. The lowest BCUT2D eigenvalue weighted by Crippen LogP contribution is -2.49. The van der Waals surface area contributed by atoms with E-state index in [1.165, 1.54) is 17.3 Å². The zero-order valence-electron chi connectivity index (χ0n) is 15.3. The molecule has 0 aliphatic carbocycles. The number of benzene rings is 1. The van der Waals surface area contributed by atoms with Gasteiger partial charge < -0.3 is 9.80 Å². The maximum Gasteiger partial charge on any atom is 0.233 e. The molecule has 7 heteroatoms. The van der Waals surface area contributed by atoms with Crippen LogP contribution in [0.25, 0.3) is 0 Å². The minimum absolute atomic E-state index is 0.139. The van der Waals surface area contributed by atoms with Crippen LogP contribution in [0.1, 0.15) is 17.0 Å². The van der Waals surface area contributed by atoms with E-state index < -0.39 is 0 Å². The molecule has 0 unspecified atom stereocenters. The fourth-order valence-corrected chi connectivity index (χ4v) is 4.11. The van der Waals surface area contributed by atoms with E-state index in [2.05, 4.69) is 21.8 Å². The van der Waals surface area contributed by atoms with Crippen molar-refractivity contribution in [3.63, 3.8) is 0 Å². The highest BCUT2D eigenvalue weighted by Crippen LogP contribution is 2.25. The molecule has 5 nitrogen and oxygen atoms in total. The number of aryl methyl sites for hydroxylation is 3. The first-order valence-electron chi connectivity index (χ1n) is 8.66. The molecule has 1 aliphatic rings. The zero-order chi connectivity index (χ0) is 18.7. The van der Waals surface area contributed by atoms with E-state index in [0.29, 0.717) is 10.9 Å². The van der Waals surface area contributed by atoms with Crippen LogP contribution in [-0.2, 0) is 4.79 Å². The predicted octanol–water partition coefficient (Wildman–Crippen LogP) is 3.50. The molecule has 0 radical (unpaired) electrons. The molecule has 0 spiro atoms. The first-order chi connectivity index (χ1) is 12.4. The summed E-state index contributed by atoms with van der Waals surface area (Å²) in [5.41, 5.74) is 4.22. The molecular weight excluding hydrogens is 368 g/mol. The molecule has 2 aromatic rings. The average Bonchev–Trinajstić information content (AvgIpc) is 2.61. The minimum atomic E-state index is 0.139. The molecule has 1 amide bonds. The number of thioether (sulfide) groups is 1. The number of carbonyl (C=O) groups is 1. The number of hydrogen-bond donors (Lipinski definition) is 0. The number of piperazine rings is 1. The van der Waals surface area contributed by atoms with E-state index in [9.17, 15) is 4.79 Å². The normalized spacial score (nSPS) is 14.6. The van der Waals surface area contributed by atoms with Crippen LogP contribution in [0.3, 0.4) is 0 Å². The Bertz CT molecular complexity index is 786. The highest BCUT2D eigenvalue weighted by molar-refractivity contribution is 7.99. The standard InChI is InChI=1S/C19H23ClN4OS/c1-13-4-5-16(20)11-17(13)23-6-8-24(9-7-23)18(25)12-26-19-21-14(2)10-15(3)22-19/h4-5,10-11H,6-9,12H2,1-3H3. The quantitative estimate of drug-likeness (QED) is 0.590. The fraction of sp³-hybridized carbons (Fsp3) is 0.421. The average molecular weight is 391 g/mol. The molecule has 0 atom stereocenters. The van der Waals surface area contributed by atoms with E-state index in [0.717, 1.165) is 48.3 Å². The van der Waals surface area contributed by atoms with Crippen LogP contribution in [0, 0.1) is 20.8 Å². The Morgan fingerprint density at radius 1 is 1.08 bits per heavy atom. The maximum absolute atomic E-state index is 12.5. The number of carbonyl (C=O) groups excluding carboxylic acids is 1. The summed E-state index contributed by atoms with van der Waals surface area (Å²) < 4.78 is 0. The number of hydrogen-bond acceptors (Lipinski definition) is 5. The summed E-state index contributed by atoms with van der Waals surface area (Å²) >= 11 is 7.54. The third-order valence-corrected chi connectivity index (χ3v) is 5.50. The Morgan fingerprint density at radius 3 is 2.38 bits per heavy atom. The molecule has 0 N–H and O–H groups in total. The Kier molecular flexibility index (Phi) is 6.04. The largest absolute Gasteiger partial charge is 0.368 e. The van der Waals surface area contributed by atoms with E-state index >= 15 is 0 Å². The van der Waals surface area contributed by atoms with E-state index in [-0.39, 0.29) is 5.91 Å². The summed E-state index contributed by atoms with van der Waals surface area (Å²) in [7, 11) is 0. The second-order valence-corrected chi connectivity index (χ2v) is 7.90. The lowest BCUT2D eigenvalue weighted by atomic mass is 10.1. The molecule has 2 heterocycles. The summed E-state index contributed by atoms with van der Waals surface area (Å²) in [6.45, 7) is 9.05. The Morgan fingerprint density at radius 2 is 1.73 bits per heavy atom. The smallest absolute Gasteiger partial charge is 0.233 e. The van der Waals surface area contributed by atoms with Crippen LogP contribution in [0.4, 0.5) is 5.69 Å². The highest BCUT2D eigenvalue weighted by atomic mass is 35.5. The molecule has 3 rings (SSSR count). The van der Waals surface area contributed by atoms with Crippen molar-refractivity contribution in [3.05, 3.63) is 46.2 Å². The fourth-order valence-electron chi connectivity index (χ4n) is 3.10. The van der Waals surface area contributed by atoms with Crippen LogP contribution in [-0.4, -0.2) is 52.7 Å². The predicted molar refractivity (Wildman–Crippen MR) is 107 cm³/mol. The van der Waals surface area contributed by atoms with Crippen molar-refractivity contribution in [1.82, 2.24) is 14.9 Å². The molecule has 1 aromatic heterocycles. The molecular formula is C19H23ClN4OS. The molecule has 1 fully saturated rings. The van der Waals surface area contributed by atoms with Gasteiger partial charge in [-0.1, -0.05) is 29.4 Å². The van der Waals surface area contributed by atoms with Gasteiger partial charge in [0.15, 0.2) is 5.16 Å². The number of halogens is 1. The van der Waals surface area contributed by atoms with Gasteiger partial charge in [-0.2, -0.15) is 0 Å².